The number of hydrogen-bond acceptors (Lipinski definition) is 4. The molecule has 2 rings (SSSR count). The summed E-state index contributed by atoms with van der Waals surface area (Å²) >= 11 is 1.56. The molecule has 104 valence electrons. The number of rotatable bonds is 5. The number of aryl methyl sites for hydroxylation is 1. The van der Waals surface area contributed by atoms with Crippen LogP contribution >= 0.6 is 11.8 Å². The Hall–Kier alpha value is -1.30. The van der Waals surface area contributed by atoms with Crippen LogP contribution in [0.2, 0.25) is 0 Å². The quantitative estimate of drug-likeness (QED) is 0.828. The van der Waals surface area contributed by atoms with E-state index in [1.54, 1.807) is 22.4 Å². The lowest BCUT2D eigenvalue weighted by atomic mass is 10.2. The fraction of sp³-hybridized carbons (Fsp3) is 0.615. The van der Waals surface area contributed by atoms with E-state index in [4.69, 9.17) is 0 Å². The largest absolute Gasteiger partial charge is 0.356 e. The zero-order valence-electron chi connectivity index (χ0n) is 11.3. The van der Waals surface area contributed by atoms with Crippen LogP contribution in [0, 0.1) is 0 Å². The van der Waals surface area contributed by atoms with Gasteiger partial charge in [-0.15, -0.1) is 0 Å². The fourth-order valence-corrected chi connectivity index (χ4v) is 3.38. The van der Waals surface area contributed by atoms with Gasteiger partial charge in [0.15, 0.2) is 5.16 Å². The summed E-state index contributed by atoms with van der Waals surface area (Å²) in [5, 5.41) is 3.53. The van der Waals surface area contributed by atoms with Crippen LogP contribution in [-0.2, 0) is 11.2 Å². The molecule has 1 aromatic rings. The molecule has 1 amide bonds. The summed E-state index contributed by atoms with van der Waals surface area (Å²) in [5.74, 6) is 0.736. The Morgan fingerprint density at radius 2 is 2.37 bits per heavy atom. The van der Waals surface area contributed by atoms with Gasteiger partial charge in [0.2, 0.25) is 5.91 Å². The van der Waals surface area contributed by atoms with E-state index in [1.165, 1.54) is 0 Å². The third-order valence-electron chi connectivity index (χ3n) is 3.04. The molecule has 1 aliphatic rings. The highest BCUT2D eigenvalue weighted by atomic mass is 32.2. The first-order chi connectivity index (χ1) is 9.15. The number of carbonyl (C=O) groups excluding carboxylic acids is 1. The van der Waals surface area contributed by atoms with E-state index in [0.717, 1.165) is 29.4 Å². The molecule has 1 N–H and O–H groups in total. The average Bonchev–Trinajstić information content (AvgIpc) is 2.73. The number of carbonyl (C=O) groups is 1. The van der Waals surface area contributed by atoms with Crippen LogP contribution < -0.4 is 10.9 Å². The monoisotopic (exact) mass is 281 g/mol. The number of nitrogens with zero attached hydrogens (tertiary/aromatic N) is 2. The van der Waals surface area contributed by atoms with Gasteiger partial charge < -0.3 is 5.32 Å². The summed E-state index contributed by atoms with van der Waals surface area (Å²) in [4.78, 5) is 28.3. The SMILES string of the molecule is CCCc1cc(=O)n2c(n1)SCC2CC(=O)NCC. The van der Waals surface area contributed by atoms with Crippen molar-refractivity contribution >= 4 is 17.7 Å². The number of nitrogens with one attached hydrogen (secondary N) is 1. The average molecular weight is 281 g/mol. The topological polar surface area (TPSA) is 64.0 Å². The van der Waals surface area contributed by atoms with E-state index in [0.29, 0.717) is 13.0 Å². The number of hydrogen-bond donors (Lipinski definition) is 1. The molecule has 1 unspecified atom stereocenters. The first-order valence-electron chi connectivity index (χ1n) is 6.67. The van der Waals surface area contributed by atoms with Crippen molar-refractivity contribution in [2.24, 2.45) is 0 Å². The Kier molecular flexibility index (Phi) is 4.63. The molecule has 0 bridgehead atoms. The van der Waals surface area contributed by atoms with Crippen molar-refractivity contribution < 1.29 is 4.79 Å². The predicted molar refractivity (Wildman–Crippen MR) is 75.6 cm³/mol. The van der Waals surface area contributed by atoms with Crippen molar-refractivity contribution in [1.29, 1.82) is 0 Å². The van der Waals surface area contributed by atoms with Crippen LogP contribution in [0.3, 0.4) is 0 Å². The normalized spacial score (nSPS) is 17.3. The van der Waals surface area contributed by atoms with E-state index in [9.17, 15) is 9.59 Å². The summed E-state index contributed by atoms with van der Waals surface area (Å²) in [5.41, 5.74) is 0.817. The Morgan fingerprint density at radius 1 is 1.58 bits per heavy atom. The molecule has 1 aromatic heterocycles. The molecule has 0 aromatic carbocycles. The van der Waals surface area contributed by atoms with Crippen LogP contribution in [0.1, 0.15) is 38.4 Å². The summed E-state index contributed by atoms with van der Waals surface area (Å²) in [7, 11) is 0. The van der Waals surface area contributed by atoms with Crippen molar-refractivity contribution in [2.45, 2.75) is 44.3 Å². The van der Waals surface area contributed by atoms with Gasteiger partial charge >= 0.3 is 0 Å². The van der Waals surface area contributed by atoms with Gasteiger partial charge in [-0.25, -0.2) is 4.98 Å². The van der Waals surface area contributed by atoms with Gasteiger partial charge in [-0.2, -0.15) is 0 Å². The Balaban J connectivity index is 2.20. The van der Waals surface area contributed by atoms with E-state index in [2.05, 4.69) is 17.2 Å². The summed E-state index contributed by atoms with van der Waals surface area (Å²) in [6.07, 6.45) is 2.15. The zero-order valence-corrected chi connectivity index (χ0v) is 12.1. The minimum atomic E-state index is -0.0674. The minimum absolute atomic E-state index is 0.00881. The van der Waals surface area contributed by atoms with Crippen molar-refractivity contribution in [2.75, 3.05) is 12.3 Å². The first-order valence-corrected chi connectivity index (χ1v) is 7.66. The van der Waals surface area contributed by atoms with Crippen LogP contribution in [0.4, 0.5) is 0 Å². The molecule has 0 saturated carbocycles. The second kappa shape index (κ2) is 6.23. The predicted octanol–water partition coefficient (Wildman–Crippen LogP) is 1.37. The standard InChI is InChI=1S/C13H19N3O2S/c1-3-5-9-6-12(18)16-10(7-11(17)14-4-2)8-19-13(16)15-9/h6,10H,3-5,7-8H2,1-2H3,(H,14,17). The molecule has 0 aliphatic carbocycles. The minimum Gasteiger partial charge on any atom is -0.356 e. The van der Waals surface area contributed by atoms with Crippen molar-refractivity contribution in [3.63, 3.8) is 0 Å². The van der Waals surface area contributed by atoms with E-state index >= 15 is 0 Å². The fourth-order valence-electron chi connectivity index (χ4n) is 2.22. The molecule has 0 spiro atoms. The summed E-state index contributed by atoms with van der Waals surface area (Å²) < 4.78 is 1.67. The van der Waals surface area contributed by atoms with Gasteiger partial charge in [0.05, 0.1) is 6.04 Å². The van der Waals surface area contributed by atoms with Crippen molar-refractivity contribution in [1.82, 2.24) is 14.9 Å². The molecule has 0 radical (unpaired) electrons. The number of aromatic nitrogens is 2. The van der Waals surface area contributed by atoms with Gasteiger partial charge in [-0.1, -0.05) is 25.1 Å². The van der Waals surface area contributed by atoms with Crippen LogP contribution in [0.25, 0.3) is 0 Å². The Labute approximate surface area is 116 Å². The van der Waals surface area contributed by atoms with Gasteiger partial charge in [0, 0.05) is 30.5 Å². The van der Waals surface area contributed by atoms with Crippen molar-refractivity contribution in [3.05, 3.63) is 22.1 Å². The summed E-state index contributed by atoms with van der Waals surface area (Å²) in [6.45, 7) is 4.58. The zero-order chi connectivity index (χ0) is 13.8. The lowest BCUT2D eigenvalue weighted by molar-refractivity contribution is -0.121. The third-order valence-corrected chi connectivity index (χ3v) is 4.14. The number of fused-ring (bicyclic) bond motifs is 1. The third kappa shape index (κ3) is 3.18. The summed E-state index contributed by atoms with van der Waals surface area (Å²) in [6, 6.07) is 1.53. The highest BCUT2D eigenvalue weighted by molar-refractivity contribution is 7.99. The molecule has 2 heterocycles. The van der Waals surface area contributed by atoms with Crippen LogP contribution in [-0.4, -0.2) is 27.8 Å². The first kappa shape index (κ1) is 14.1. The number of thioether (sulfide) groups is 1. The molecular formula is C13H19N3O2S. The molecule has 1 atom stereocenters. The Bertz CT molecular complexity index is 527. The van der Waals surface area contributed by atoms with Crippen LogP contribution in [0.15, 0.2) is 16.0 Å². The molecule has 19 heavy (non-hydrogen) atoms. The molecule has 0 fully saturated rings. The lowest BCUT2D eigenvalue weighted by Crippen LogP contribution is -2.30. The van der Waals surface area contributed by atoms with Crippen molar-refractivity contribution in [3.8, 4) is 0 Å². The lowest BCUT2D eigenvalue weighted by Gasteiger charge is -2.13. The van der Waals surface area contributed by atoms with Crippen LogP contribution in [0.5, 0.6) is 0 Å². The molecule has 1 aliphatic heterocycles. The highest BCUT2D eigenvalue weighted by Gasteiger charge is 2.27. The maximum atomic E-state index is 12.1. The Morgan fingerprint density at radius 3 is 3.05 bits per heavy atom. The molecular weight excluding hydrogens is 262 g/mol. The van der Waals surface area contributed by atoms with Gasteiger partial charge in [0.1, 0.15) is 0 Å². The smallest absolute Gasteiger partial charge is 0.254 e. The number of amides is 1. The molecule has 0 saturated heterocycles. The van der Waals surface area contributed by atoms with E-state index < -0.39 is 0 Å². The van der Waals surface area contributed by atoms with E-state index in [-0.39, 0.29) is 17.5 Å². The highest BCUT2D eigenvalue weighted by Crippen LogP contribution is 2.31. The van der Waals surface area contributed by atoms with Gasteiger partial charge in [-0.05, 0) is 13.3 Å². The molecule has 6 heteroatoms. The maximum absolute atomic E-state index is 12.1. The van der Waals surface area contributed by atoms with E-state index in [1.807, 2.05) is 6.92 Å². The molecule has 5 nitrogen and oxygen atoms in total. The second-order valence-corrected chi connectivity index (χ2v) is 5.60. The second-order valence-electron chi connectivity index (χ2n) is 4.61. The van der Waals surface area contributed by atoms with Gasteiger partial charge in [0.25, 0.3) is 5.56 Å². The van der Waals surface area contributed by atoms with Gasteiger partial charge in [-0.3, -0.25) is 14.2 Å². The maximum Gasteiger partial charge on any atom is 0.254 e.